The first-order valence-corrected chi connectivity index (χ1v) is 11.1. The lowest BCUT2D eigenvalue weighted by atomic mass is 10.2. The largest absolute Gasteiger partial charge is 0.362 e. The summed E-state index contributed by atoms with van der Waals surface area (Å²) in [6, 6.07) is 19.1. The monoisotopic (exact) mass is 436 g/mol. The Kier molecular flexibility index (Phi) is 7.04. The number of hydrogen-bond donors (Lipinski definition) is 2. The molecule has 2 aromatic carbocycles. The maximum Gasteiger partial charge on any atom is 0.255 e. The summed E-state index contributed by atoms with van der Waals surface area (Å²) in [5, 5.41) is 3.97. The van der Waals surface area contributed by atoms with Gasteiger partial charge in [0.25, 0.3) is 15.9 Å². The first-order chi connectivity index (χ1) is 14.8. The van der Waals surface area contributed by atoms with Gasteiger partial charge in [0.1, 0.15) is 5.82 Å². The minimum Gasteiger partial charge on any atom is -0.362 e. The molecule has 0 saturated heterocycles. The van der Waals surface area contributed by atoms with Gasteiger partial charge < -0.3 is 10.2 Å². The predicted molar refractivity (Wildman–Crippen MR) is 124 cm³/mol. The number of nitrogens with zero attached hydrogens (tertiary/aromatic N) is 2. The van der Waals surface area contributed by atoms with Crippen LogP contribution in [-0.4, -0.2) is 33.4 Å². The molecule has 2 N–H and O–H groups in total. The average molecular weight is 437 g/mol. The third kappa shape index (κ3) is 6.42. The zero-order chi connectivity index (χ0) is 22.3. The van der Waals surface area contributed by atoms with Crippen LogP contribution in [0.2, 0.25) is 0 Å². The molecule has 0 fully saturated rings. The number of nitrogens with one attached hydrogen (secondary N) is 2. The molecule has 8 heteroatoms. The maximum atomic E-state index is 12.5. The van der Waals surface area contributed by atoms with Crippen LogP contribution in [0.1, 0.15) is 21.5 Å². The molecule has 31 heavy (non-hydrogen) atoms. The number of rotatable bonds is 8. The Bertz CT molecular complexity index is 1160. The summed E-state index contributed by atoms with van der Waals surface area (Å²) < 4.78 is 27.0. The lowest BCUT2D eigenvalue weighted by molar-refractivity contribution is 0.0951. The summed E-state index contributed by atoms with van der Waals surface area (Å²) in [6.07, 6.45) is 3.22. The highest BCUT2D eigenvalue weighted by Crippen LogP contribution is 2.15. The molecular formula is C23H24N4O3S. The number of benzene rings is 2. The minimum atomic E-state index is -3.67. The number of carbonyl (C=O) groups excluding carboxylic acids is 1. The summed E-state index contributed by atoms with van der Waals surface area (Å²) in [7, 11) is 0.115. The van der Waals surface area contributed by atoms with Crippen molar-refractivity contribution in [2.75, 3.05) is 23.7 Å². The fourth-order valence-electron chi connectivity index (χ4n) is 2.87. The summed E-state index contributed by atoms with van der Waals surface area (Å²) in [5.41, 5.74) is 2.48. The van der Waals surface area contributed by atoms with E-state index in [0.717, 1.165) is 22.4 Å². The Morgan fingerprint density at radius 2 is 1.71 bits per heavy atom. The molecule has 0 saturated carbocycles. The highest BCUT2D eigenvalue weighted by molar-refractivity contribution is 7.95. The van der Waals surface area contributed by atoms with Crippen molar-refractivity contribution in [3.63, 3.8) is 0 Å². The number of aromatic nitrogens is 1. The second-order valence-electron chi connectivity index (χ2n) is 7.00. The van der Waals surface area contributed by atoms with Gasteiger partial charge in [-0.25, -0.2) is 13.4 Å². The molecule has 3 rings (SSSR count). The van der Waals surface area contributed by atoms with Gasteiger partial charge >= 0.3 is 0 Å². The molecule has 3 aromatic rings. The highest BCUT2D eigenvalue weighted by atomic mass is 32.2. The lowest BCUT2D eigenvalue weighted by Crippen LogP contribution is -2.24. The second-order valence-corrected chi connectivity index (χ2v) is 8.57. The number of anilines is 2. The normalized spacial score (nSPS) is 11.3. The first kappa shape index (κ1) is 22.0. The Morgan fingerprint density at radius 3 is 2.39 bits per heavy atom. The van der Waals surface area contributed by atoms with E-state index in [4.69, 9.17) is 0 Å². The lowest BCUT2D eigenvalue weighted by Gasteiger charge is -2.16. The van der Waals surface area contributed by atoms with E-state index in [1.807, 2.05) is 61.5 Å². The Balaban J connectivity index is 1.61. The van der Waals surface area contributed by atoms with Gasteiger partial charge in [-0.05, 0) is 42.0 Å². The molecule has 0 aliphatic rings. The van der Waals surface area contributed by atoms with Crippen molar-refractivity contribution in [1.82, 2.24) is 10.3 Å². The average Bonchev–Trinajstić information content (AvgIpc) is 2.77. The van der Waals surface area contributed by atoms with Crippen LogP contribution >= 0.6 is 0 Å². The molecule has 1 amide bonds. The number of sulfonamides is 1. The number of pyridine rings is 1. The van der Waals surface area contributed by atoms with Crippen LogP contribution in [0.3, 0.4) is 0 Å². The van der Waals surface area contributed by atoms with Crippen molar-refractivity contribution in [3.8, 4) is 0 Å². The van der Waals surface area contributed by atoms with Gasteiger partial charge in [-0.1, -0.05) is 36.4 Å². The molecule has 0 unspecified atom stereocenters. The van der Waals surface area contributed by atoms with E-state index in [1.165, 1.54) is 6.08 Å². The van der Waals surface area contributed by atoms with Crippen molar-refractivity contribution in [2.45, 2.75) is 6.54 Å². The number of carbonyl (C=O) groups is 1. The van der Waals surface area contributed by atoms with Crippen LogP contribution in [0, 0.1) is 0 Å². The molecular weight excluding hydrogens is 412 g/mol. The Labute approximate surface area is 182 Å². The fraction of sp³-hybridized carbons (Fsp3) is 0.130. The van der Waals surface area contributed by atoms with Gasteiger partial charge in [0.2, 0.25) is 0 Å². The summed E-state index contributed by atoms with van der Waals surface area (Å²) in [6.45, 7) is 0.332. The second kappa shape index (κ2) is 9.90. The van der Waals surface area contributed by atoms with Gasteiger partial charge in [0.15, 0.2) is 0 Å². The molecule has 160 valence electrons. The first-order valence-electron chi connectivity index (χ1n) is 9.59. The van der Waals surface area contributed by atoms with E-state index in [-0.39, 0.29) is 5.91 Å². The smallest absolute Gasteiger partial charge is 0.255 e. The molecule has 0 aliphatic carbocycles. The van der Waals surface area contributed by atoms with Crippen molar-refractivity contribution in [1.29, 1.82) is 0 Å². The van der Waals surface area contributed by atoms with Crippen molar-refractivity contribution < 1.29 is 13.2 Å². The topological polar surface area (TPSA) is 91.4 Å². The summed E-state index contributed by atoms with van der Waals surface area (Å²) >= 11 is 0. The van der Waals surface area contributed by atoms with Gasteiger partial charge in [0, 0.05) is 43.7 Å². The summed E-state index contributed by atoms with van der Waals surface area (Å²) in [4.78, 5) is 18.7. The van der Waals surface area contributed by atoms with E-state index >= 15 is 0 Å². The fourth-order valence-corrected chi connectivity index (χ4v) is 3.74. The highest BCUT2D eigenvalue weighted by Gasteiger charge is 2.10. The van der Waals surface area contributed by atoms with Gasteiger partial charge in [-0.15, -0.1) is 0 Å². The van der Waals surface area contributed by atoms with E-state index in [1.54, 1.807) is 30.5 Å². The standard InChI is InChI=1S/C23H24N4O3S/c1-27(2)22-20(9-6-15-24-22)17-25-23(28)19-10-12-21(13-11-19)26-31(29,30)16-14-18-7-4-3-5-8-18/h3-16,26H,17H2,1-2H3,(H,25,28)/b16-14+. The molecule has 0 atom stereocenters. The minimum absolute atomic E-state index is 0.257. The number of hydrogen-bond acceptors (Lipinski definition) is 5. The third-order valence-electron chi connectivity index (χ3n) is 4.38. The van der Waals surface area contributed by atoms with Crippen LogP contribution in [0.5, 0.6) is 0 Å². The SMILES string of the molecule is CN(C)c1ncccc1CNC(=O)c1ccc(NS(=O)(=O)/C=C/c2ccccc2)cc1. The third-order valence-corrected chi connectivity index (χ3v) is 5.39. The van der Waals surface area contributed by atoms with E-state index in [9.17, 15) is 13.2 Å². The van der Waals surface area contributed by atoms with Crippen LogP contribution in [-0.2, 0) is 16.6 Å². The van der Waals surface area contributed by atoms with Crippen LogP contribution in [0.15, 0.2) is 78.3 Å². The van der Waals surface area contributed by atoms with E-state index in [0.29, 0.717) is 17.8 Å². The molecule has 1 heterocycles. The molecule has 1 aromatic heterocycles. The van der Waals surface area contributed by atoms with Gasteiger partial charge in [-0.2, -0.15) is 0 Å². The van der Waals surface area contributed by atoms with Crippen molar-refractivity contribution in [2.24, 2.45) is 0 Å². The molecule has 0 radical (unpaired) electrons. The van der Waals surface area contributed by atoms with Crippen molar-refractivity contribution in [3.05, 3.63) is 95.0 Å². The Hall–Kier alpha value is -3.65. The van der Waals surface area contributed by atoms with Crippen LogP contribution in [0.4, 0.5) is 11.5 Å². The molecule has 0 aliphatic heterocycles. The van der Waals surface area contributed by atoms with Crippen LogP contribution in [0.25, 0.3) is 6.08 Å². The van der Waals surface area contributed by atoms with Gasteiger partial charge in [-0.3, -0.25) is 9.52 Å². The van der Waals surface area contributed by atoms with E-state index in [2.05, 4.69) is 15.0 Å². The Morgan fingerprint density at radius 1 is 1.00 bits per heavy atom. The molecule has 7 nitrogen and oxygen atoms in total. The zero-order valence-electron chi connectivity index (χ0n) is 17.3. The maximum absolute atomic E-state index is 12.5. The summed E-state index contributed by atoms with van der Waals surface area (Å²) in [5.74, 6) is 0.531. The number of amides is 1. The van der Waals surface area contributed by atoms with Crippen LogP contribution < -0.4 is 14.9 Å². The van der Waals surface area contributed by atoms with Crippen molar-refractivity contribution >= 4 is 33.5 Å². The molecule has 0 spiro atoms. The predicted octanol–water partition coefficient (Wildman–Crippen LogP) is 3.49. The zero-order valence-corrected chi connectivity index (χ0v) is 18.1. The van der Waals surface area contributed by atoms with E-state index < -0.39 is 10.0 Å². The quantitative estimate of drug-likeness (QED) is 0.564. The molecule has 0 bridgehead atoms. The van der Waals surface area contributed by atoms with Gasteiger partial charge in [0.05, 0.1) is 5.41 Å².